The second-order valence-corrected chi connectivity index (χ2v) is 5.02. The number of hydrogen-bond donors (Lipinski definition) is 2. The average Bonchev–Trinajstić information content (AvgIpc) is 2.85. The van der Waals surface area contributed by atoms with Gasteiger partial charge in [0.25, 0.3) is 0 Å². The van der Waals surface area contributed by atoms with Crippen LogP contribution in [-0.2, 0) is 11.2 Å². The molecule has 1 aromatic rings. The standard InChI is InChI=1S/C12H19N3O2/c1-3-4-10-13-11(15-14-10)8-5-7(2)6-9(8)12(16)17/h7-9H,3-6H2,1-2H3,(H,16,17)(H,13,14,15). The van der Waals surface area contributed by atoms with Gasteiger partial charge in [0.15, 0.2) is 5.82 Å². The fourth-order valence-electron chi connectivity index (χ4n) is 2.67. The van der Waals surface area contributed by atoms with Crippen LogP contribution in [0.25, 0.3) is 0 Å². The topological polar surface area (TPSA) is 78.9 Å². The van der Waals surface area contributed by atoms with Gasteiger partial charge in [-0.2, -0.15) is 5.10 Å². The monoisotopic (exact) mass is 237 g/mol. The Morgan fingerprint density at radius 1 is 1.53 bits per heavy atom. The molecule has 5 nitrogen and oxygen atoms in total. The van der Waals surface area contributed by atoms with Crippen molar-refractivity contribution in [2.45, 2.75) is 45.4 Å². The van der Waals surface area contributed by atoms with Gasteiger partial charge in [-0.15, -0.1) is 0 Å². The van der Waals surface area contributed by atoms with Crippen molar-refractivity contribution in [3.8, 4) is 0 Å². The first-order valence-electron chi connectivity index (χ1n) is 6.25. The number of carboxylic acid groups (broad SMARTS) is 1. The summed E-state index contributed by atoms with van der Waals surface area (Å²) in [5.41, 5.74) is 0. The van der Waals surface area contributed by atoms with E-state index in [0.29, 0.717) is 11.7 Å². The highest BCUT2D eigenvalue weighted by molar-refractivity contribution is 5.71. The van der Waals surface area contributed by atoms with E-state index in [-0.39, 0.29) is 11.8 Å². The Balaban J connectivity index is 2.16. The SMILES string of the molecule is CCCc1nc(C2CC(C)CC2C(=O)O)n[nH]1. The number of aromatic amines is 1. The first kappa shape index (κ1) is 12.1. The van der Waals surface area contributed by atoms with Crippen LogP contribution in [0, 0.1) is 11.8 Å². The normalized spacial score (nSPS) is 28.5. The lowest BCUT2D eigenvalue weighted by Crippen LogP contribution is -2.17. The molecule has 1 saturated carbocycles. The number of nitrogens with one attached hydrogen (secondary N) is 1. The zero-order valence-electron chi connectivity index (χ0n) is 10.3. The maximum Gasteiger partial charge on any atom is 0.307 e. The molecule has 0 spiro atoms. The largest absolute Gasteiger partial charge is 0.481 e. The van der Waals surface area contributed by atoms with Gasteiger partial charge in [-0.3, -0.25) is 9.89 Å². The third kappa shape index (κ3) is 2.48. The first-order chi connectivity index (χ1) is 8.11. The predicted octanol–water partition coefficient (Wildman–Crippen LogP) is 1.97. The highest BCUT2D eigenvalue weighted by atomic mass is 16.4. The third-order valence-electron chi connectivity index (χ3n) is 3.48. The fourth-order valence-corrected chi connectivity index (χ4v) is 2.67. The molecule has 0 amide bonds. The second-order valence-electron chi connectivity index (χ2n) is 5.02. The van der Waals surface area contributed by atoms with Crippen LogP contribution in [0.3, 0.4) is 0 Å². The Kier molecular flexibility index (Phi) is 3.45. The van der Waals surface area contributed by atoms with Gasteiger partial charge in [0.2, 0.25) is 0 Å². The van der Waals surface area contributed by atoms with E-state index in [9.17, 15) is 9.90 Å². The summed E-state index contributed by atoms with van der Waals surface area (Å²) in [6, 6.07) is 0. The molecule has 17 heavy (non-hydrogen) atoms. The van der Waals surface area contributed by atoms with E-state index in [2.05, 4.69) is 29.0 Å². The lowest BCUT2D eigenvalue weighted by molar-refractivity contribution is -0.142. The summed E-state index contributed by atoms with van der Waals surface area (Å²) in [6.45, 7) is 4.18. The third-order valence-corrected chi connectivity index (χ3v) is 3.48. The number of nitrogens with zero attached hydrogens (tertiary/aromatic N) is 2. The molecule has 2 rings (SSSR count). The van der Waals surface area contributed by atoms with Crippen molar-refractivity contribution in [3.05, 3.63) is 11.6 Å². The van der Waals surface area contributed by atoms with Crippen molar-refractivity contribution in [2.75, 3.05) is 0 Å². The van der Waals surface area contributed by atoms with Gasteiger partial charge in [0.05, 0.1) is 5.92 Å². The van der Waals surface area contributed by atoms with Crippen LogP contribution < -0.4 is 0 Å². The minimum Gasteiger partial charge on any atom is -0.481 e. The summed E-state index contributed by atoms with van der Waals surface area (Å²) in [6.07, 6.45) is 3.49. The van der Waals surface area contributed by atoms with Crippen molar-refractivity contribution >= 4 is 5.97 Å². The number of aliphatic carboxylic acids is 1. The zero-order chi connectivity index (χ0) is 12.4. The van der Waals surface area contributed by atoms with E-state index < -0.39 is 5.97 Å². The lowest BCUT2D eigenvalue weighted by atomic mass is 9.96. The van der Waals surface area contributed by atoms with E-state index >= 15 is 0 Å². The van der Waals surface area contributed by atoms with Gasteiger partial charge in [0, 0.05) is 12.3 Å². The summed E-state index contributed by atoms with van der Waals surface area (Å²) in [5.74, 6) is 0.923. The molecule has 0 aromatic carbocycles. The number of carbonyl (C=O) groups is 1. The molecule has 0 radical (unpaired) electrons. The summed E-state index contributed by atoms with van der Waals surface area (Å²) < 4.78 is 0. The van der Waals surface area contributed by atoms with Crippen molar-refractivity contribution in [1.29, 1.82) is 0 Å². The molecule has 1 aliphatic rings. The highest BCUT2D eigenvalue weighted by Crippen LogP contribution is 2.41. The van der Waals surface area contributed by atoms with Gasteiger partial charge in [-0.25, -0.2) is 4.98 Å². The molecule has 1 fully saturated rings. The van der Waals surface area contributed by atoms with E-state index in [1.165, 1.54) is 0 Å². The van der Waals surface area contributed by atoms with Gasteiger partial charge in [-0.1, -0.05) is 13.8 Å². The first-order valence-corrected chi connectivity index (χ1v) is 6.25. The van der Waals surface area contributed by atoms with Crippen LogP contribution in [0.2, 0.25) is 0 Å². The molecule has 1 heterocycles. The molecule has 0 aliphatic heterocycles. The summed E-state index contributed by atoms with van der Waals surface area (Å²) in [7, 11) is 0. The molecule has 5 heteroatoms. The Hall–Kier alpha value is -1.39. The van der Waals surface area contributed by atoms with Gasteiger partial charge in [-0.05, 0) is 25.2 Å². The van der Waals surface area contributed by atoms with Crippen molar-refractivity contribution in [2.24, 2.45) is 11.8 Å². The van der Waals surface area contributed by atoms with Gasteiger partial charge in [0.1, 0.15) is 5.82 Å². The van der Waals surface area contributed by atoms with E-state index in [4.69, 9.17) is 0 Å². The minimum atomic E-state index is -0.721. The molecule has 0 saturated heterocycles. The minimum absolute atomic E-state index is 0.0237. The molecule has 94 valence electrons. The van der Waals surface area contributed by atoms with E-state index in [0.717, 1.165) is 31.5 Å². The molecule has 1 aromatic heterocycles. The molecule has 1 aliphatic carbocycles. The summed E-state index contributed by atoms with van der Waals surface area (Å²) >= 11 is 0. The lowest BCUT2D eigenvalue weighted by Gasteiger charge is -2.10. The zero-order valence-corrected chi connectivity index (χ0v) is 10.3. The van der Waals surface area contributed by atoms with Crippen LogP contribution in [-0.4, -0.2) is 26.3 Å². The maximum absolute atomic E-state index is 11.2. The molecular formula is C12H19N3O2. The Labute approximate surface area is 101 Å². The molecule has 3 unspecified atom stereocenters. The predicted molar refractivity (Wildman–Crippen MR) is 62.6 cm³/mol. The van der Waals surface area contributed by atoms with Crippen LogP contribution in [0.5, 0.6) is 0 Å². The van der Waals surface area contributed by atoms with Crippen LogP contribution in [0.4, 0.5) is 0 Å². The second kappa shape index (κ2) is 4.85. The van der Waals surface area contributed by atoms with Crippen molar-refractivity contribution < 1.29 is 9.90 Å². The number of rotatable bonds is 4. The highest BCUT2D eigenvalue weighted by Gasteiger charge is 2.39. The summed E-state index contributed by atoms with van der Waals surface area (Å²) in [4.78, 5) is 15.6. The van der Waals surface area contributed by atoms with Crippen LogP contribution in [0.15, 0.2) is 0 Å². The molecule has 0 bridgehead atoms. The van der Waals surface area contributed by atoms with Gasteiger partial charge < -0.3 is 5.11 Å². The van der Waals surface area contributed by atoms with Gasteiger partial charge >= 0.3 is 5.97 Å². The number of aryl methyl sites for hydroxylation is 1. The Bertz CT molecular complexity index is 402. The Morgan fingerprint density at radius 3 is 2.94 bits per heavy atom. The smallest absolute Gasteiger partial charge is 0.307 e. The number of carboxylic acids is 1. The molecule has 3 atom stereocenters. The Morgan fingerprint density at radius 2 is 2.29 bits per heavy atom. The van der Waals surface area contributed by atoms with Crippen LogP contribution in [0.1, 0.15) is 50.7 Å². The van der Waals surface area contributed by atoms with Crippen molar-refractivity contribution in [3.63, 3.8) is 0 Å². The number of H-pyrrole nitrogens is 1. The average molecular weight is 237 g/mol. The van der Waals surface area contributed by atoms with Crippen molar-refractivity contribution in [1.82, 2.24) is 15.2 Å². The maximum atomic E-state index is 11.2. The summed E-state index contributed by atoms with van der Waals surface area (Å²) in [5, 5.41) is 16.3. The molecule has 2 N–H and O–H groups in total. The number of aromatic nitrogens is 3. The van der Waals surface area contributed by atoms with E-state index in [1.807, 2.05) is 0 Å². The van der Waals surface area contributed by atoms with E-state index in [1.54, 1.807) is 0 Å². The fraction of sp³-hybridized carbons (Fsp3) is 0.750. The molecular weight excluding hydrogens is 218 g/mol. The number of hydrogen-bond acceptors (Lipinski definition) is 3. The van der Waals surface area contributed by atoms with Crippen LogP contribution >= 0.6 is 0 Å². The quantitative estimate of drug-likeness (QED) is 0.839.